The minimum absolute atomic E-state index is 0.0169. The van der Waals surface area contributed by atoms with Gasteiger partial charge in [-0.1, -0.05) is 12.1 Å². The number of carbonyl (C=O) groups is 2. The van der Waals surface area contributed by atoms with Crippen LogP contribution in [-0.4, -0.2) is 50.7 Å². The van der Waals surface area contributed by atoms with E-state index in [1.807, 2.05) is 12.1 Å². The standard InChI is InChI=1S/C24H28N8O2/c1-31-13-19(11-27-31)28-23-21(22(25)33)26-12-20(30-23)32-10-2-3-18(14-32)29-24(34)17-8-6-16(7-9-17)15-4-5-15/h6-9,11-13,15,18H,2-5,10,14H2,1H3,(H2,25,33)(H,28,30)(H,29,34). The fraction of sp³-hybridized carbons (Fsp3) is 0.375. The summed E-state index contributed by atoms with van der Waals surface area (Å²) < 4.78 is 1.64. The molecule has 1 aliphatic carbocycles. The van der Waals surface area contributed by atoms with E-state index in [0.717, 1.165) is 19.4 Å². The third-order valence-corrected chi connectivity index (χ3v) is 6.26. The van der Waals surface area contributed by atoms with E-state index in [4.69, 9.17) is 5.73 Å². The summed E-state index contributed by atoms with van der Waals surface area (Å²) in [5, 5.41) is 10.4. The molecule has 1 atom stereocenters. The number of primary amides is 1. The zero-order chi connectivity index (χ0) is 23.7. The molecule has 0 bridgehead atoms. The van der Waals surface area contributed by atoms with Gasteiger partial charge in [-0.2, -0.15) is 5.10 Å². The third kappa shape index (κ3) is 4.85. The van der Waals surface area contributed by atoms with E-state index in [1.54, 1.807) is 30.3 Å². The van der Waals surface area contributed by atoms with Crippen LogP contribution >= 0.6 is 0 Å². The Morgan fingerprint density at radius 2 is 1.91 bits per heavy atom. The van der Waals surface area contributed by atoms with Crippen molar-refractivity contribution in [1.82, 2.24) is 25.1 Å². The summed E-state index contributed by atoms with van der Waals surface area (Å²) >= 11 is 0. The molecule has 1 aromatic carbocycles. The van der Waals surface area contributed by atoms with Crippen LogP contribution in [0.15, 0.2) is 42.9 Å². The average molecular weight is 461 g/mol. The van der Waals surface area contributed by atoms with E-state index >= 15 is 0 Å². The third-order valence-electron chi connectivity index (χ3n) is 6.26. The second kappa shape index (κ2) is 9.12. The summed E-state index contributed by atoms with van der Waals surface area (Å²) in [6.45, 7) is 1.38. The number of nitrogens with zero attached hydrogens (tertiary/aromatic N) is 5. The molecule has 1 saturated heterocycles. The molecule has 1 aliphatic heterocycles. The number of hydrogen-bond donors (Lipinski definition) is 3. The van der Waals surface area contributed by atoms with Crippen molar-refractivity contribution >= 4 is 29.1 Å². The van der Waals surface area contributed by atoms with Crippen molar-refractivity contribution in [1.29, 1.82) is 0 Å². The monoisotopic (exact) mass is 460 g/mol. The van der Waals surface area contributed by atoms with Gasteiger partial charge in [0.05, 0.1) is 18.1 Å². The van der Waals surface area contributed by atoms with E-state index in [1.165, 1.54) is 18.4 Å². The van der Waals surface area contributed by atoms with Crippen LogP contribution in [0.1, 0.15) is 58.0 Å². The molecule has 176 valence electrons. The molecule has 2 amide bonds. The predicted molar refractivity (Wildman–Crippen MR) is 128 cm³/mol. The Labute approximate surface area is 197 Å². The van der Waals surface area contributed by atoms with Gasteiger partial charge in [0.2, 0.25) is 0 Å². The van der Waals surface area contributed by atoms with Gasteiger partial charge in [-0.25, -0.2) is 9.97 Å². The van der Waals surface area contributed by atoms with E-state index in [2.05, 4.69) is 42.7 Å². The zero-order valence-corrected chi connectivity index (χ0v) is 19.1. The molecular weight excluding hydrogens is 432 g/mol. The fourth-order valence-electron chi connectivity index (χ4n) is 4.32. The molecule has 10 nitrogen and oxygen atoms in total. The lowest BCUT2D eigenvalue weighted by Crippen LogP contribution is -2.48. The molecule has 1 saturated carbocycles. The minimum Gasteiger partial charge on any atom is -0.364 e. The summed E-state index contributed by atoms with van der Waals surface area (Å²) in [5.41, 5.74) is 8.22. The van der Waals surface area contributed by atoms with Gasteiger partial charge in [-0.15, -0.1) is 0 Å². The maximum absolute atomic E-state index is 12.8. The maximum Gasteiger partial charge on any atom is 0.271 e. The van der Waals surface area contributed by atoms with Crippen LogP contribution in [0, 0.1) is 0 Å². The Kier molecular flexibility index (Phi) is 5.87. The molecule has 5 rings (SSSR count). The first-order chi connectivity index (χ1) is 16.5. The maximum atomic E-state index is 12.8. The van der Waals surface area contributed by atoms with Crippen LogP contribution in [-0.2, 0) is 7.05 Å². The van der Waals surface area contributed by atoms with Crippen LogP contribution in [0.3, 0.4) is 0 Å². The Hall–Kier alpha value is -3.95. The highest BCUT2D eigenvalue weighted by atomic mass is 16.2. The normalized spacial score (nSPS) is 17.9. The minimum atomic E-state index is -0.665. The number of nitrogens with two attached hydrogens (primary N) is 1. The lowest BCUT2D eigenvalue weighted by Gasteiger charge is -2.34. The SMILES string of the molecule is Cn1cc(Nc2nc(N3CCCC(NC(=O)c4ccc(C5CC5)cc4)C3)cnc2C(N)=O)cn1. The Balaban J connectivity index is 1.28. The number of rotatable bonds is 7. The van der Waals surface area contributed by atoms with Gasteiger partial charge in [0.1, 0.15) is 5.82 Å². The molecule has 2 fully saturated rings. The van der Waals surface area contributed by atoms with Crippen molar-refractivity contribution in [3.63, 3.8) is 0 Å². The van der Waals surface area contributed by atoms with Crippen molar-refractivity contribution in [2.24, 2.45) is 12.8 Å². The van der Waals surface area contributed by atoms with Gasteiger partial charge in [0, 0.05) is 37.9 Å². The molecule has 34 heavy (non-hydrogen) atoms. The van der Waals surface area contributed by atoms with Crippen molar-refractivity contribution in [2.45, 2.75) is 37.6 Å². The number of amides is 2. The number of hydrogen-bond acceptors (Lipinski definition) is 7. The van der Waals surface area contributed by atoms with Gasteiger partial charge in [-0.05, 0) is 49.3 Å². The number of benzene rings is 1. The molecular formula is C24H28N8O2. The quantitative estimate of drug-likeness (QED) is 0.493. The van der Waals surface area contributed by atoms with Gasteiger partial charge in [0.15, 0.2) is 11.5 Å². The van der Waals surface area contributed by atoms with Crippen LogP contribution in [0.4, 0.5) is 17.3 Å². The largest absolute Gasteiger partial charge is 0.364 e. The molecule has 1 unspecified atom stereocenters. The highest BCUT2D eigenvalue weighted by Gasteiger charge is 2.26. The summed E-state index contributed by atoms with van der Waals surface area (Å²) in [6.07, 6.45) is 9.21. The van der Waals surface area contributed by atoms with Crippen molar-refractivity contribution in [3.8, 4) is 0 Å². The Morgan fingerprint density at radius 1 is 1.12 bits per heavy atom. The van der Waals surface area contributed by atoms with Crippen LogP contribution in [0.5, 0.6) is 0 Å². The van der Waals surface area contributed by atoms with E-state index in [9.17, 15) is 9.59 Å². The summed E-state index contributed by atoms with van der Waals surface area (Å²) in [4.78, 5) is 35.6. The van der Waals surface area contributed by atoms with E-state index in [0.29, 0.717) is 29.5 Å². The second-order valence-electron chi connectivity index (χ2n) is 8.97. The van der Waals surface area contributed by atoms with Crippen molar-refractivity contribution in [3.05, 3.63) is 59.7 Å². The molecule has 2 aliphatic rings. The summed E-state index contributed by atoms with van der Waals surface area (Å²) in [5.74, 6) is 0.831. The molecule has 0 radical (unpaired) electrons. The smallest absolute Gasteiger partial charge is 0.271 e. The van der Waals surface area contributed by atoms with E-state index in [-0.39, 0.29) is 23.5 Å². The second-order valence-corrected chi connectivity index (χ2v) is 8.97. The Bertz CT molecular complexity index is 1200. The van der Waals surface area contributed by atoms with Crippen molar-refractivity contribution in [2.75, 3.05) is 23.3 Å². The molecule has 4 N–H and O–H groups in total. The molecule has 3 heterocycles. The number of carbonyl (C=O) groups excluding carboxylic acids is 2. The Morgan fingerprint density at radius 3 is 2.59 bits per heavy atom. The lowest BCUT2D eigenvalue weighted by atomic mass is 10.0. The predicted octanol–water partition coefficient (Wildman–Crippen LogP) is 2.33. The van der Waals surface area contributed by atoms with Crippen LogP contribution in [0.2, 0.25) is 0 Å². The first-order valence-corrected chi connectivity index (χ1v) is 11.5. The molecule has 2 aromatic heterocycles. The highest BCUT2D eigenvalue weighted by molar-refractivity contribution is 5.96. The van der Waals surface area contributed by atoms with Gasteiger partial charge in [0.25, 0.3) is 11.8 Å². The first kappa shape index (κ1) is 21.9. The number of piperidine rings is 1. The number of nitrogens with one attached hydrogen (secondary N) is 2. The highest BCUT2D eigenvalue weighted by Crippen LogP contribution is 2.39. The summed E-state index contributed by atoms with van der Waals surface area (Å²) in [6, 6.07) is 7.93. The summed E-state index contributed by atoms with van der Waals surface area (Å²) in [7, 11) is 1.80. The topological polar surface area (TPSA) is 131 Å². The number of aryl methyl sites for hydroxylation is 1. The van der Waals surface area contributed by atoms with Crippen LogP contribution < -0.4 is 21.3 Å². The van der Waals surface area contributed by atoms with Gasteiger partial charge < -0.3 is 21.3 Å². The number of anilines is 3. The molecule has 3 aromatic rings. The van der Waals surface area contributed by atoms with Crippen molar-refractivity contribution < 1.29 is 9.59 Å². The fourth-order valence-corrected chi connectivity index (χ4v) is 4.32. The average Bonchev–Trinajstić information content (AvgIpc) is 3.61. The van der Waals surface area contributed by atoms with Gasteiger partial charge >= 0.3 is 0 Å². The number of aromatic nitrogens is 4. The van der Waals surface area contributed by atoms with Crippen LogP contribution in [0.25, 0.3) is 0 Å². The van der Waals surface area contributed by atoms with E-state index < -0.39 is 5.91 Å². The molecule has 10 heteroatoms. The lowest BCUT2D eigenvalue weighted by molar-refractivity contribution is 0.0932. The zero-order valence-electron chi connectivity index (χ0n) is 19.1. The molecule has 0 spiro atoms. The van der Waals surface area contributed by atoms with Gasteiger partial charge in [-0.3, -0.25) is 14.3 Å². The first-order valence-electron chi connectivity index (χ1n) is 11.5.